The molecule has 6 atom stereocenters. The van der Waals surface area contributed by atoms with Crippen LogP contribution in [-0.2, 0) is 30.8 Å². The van der Waals surface area contributed by atoms with Crippen LogP contribution in [0.4, 0.5) is 30.4 Å². The molecule has 4 aromatic rings. The van der Waals surface area contributed by atoms with Gasteiger partial charge in [-0.3, -0.25) is 34.7 Å². The number of aromatic nitrogens is 1. The highest BCUT2D eigenvalue weighted by Gasteiger charge is 2.70. The predicted octanol–water partition coefficient (Wildman–Crippen LogP) is 7.23. The molecule has 0 bridgehead atoms. The van der Waals surface area contributed by atoms with Gasteiger partial charge in [0.15, 0.2) is 17.3 Å². The van der Waals surface area contributed by atoms with Crippen LogP contribution in [0.2, 0.25) is 10.0 Å². The minimum Gasteiger partial charge on any atom is -0.502 e. The van der Waals surface area contributed by atoms with Gasteiger partial charge in [0.1, 0.15) is 0 Å². The van der Waals surface area contributed by atoms with Crippen LogP contribution in [0, 0.1) is 33.8 Å². The van der Waals surface area contributed by atoms with Crippen molar-refractivity contribution in [3.63, 3.8) is 0 Å². The number of allylic oxidation sites excluding steroid dienone is 2. The number of methoxy groups -OCH3 is 2. The monoisotopic (exact) mass is 851 g/mol. The molecular formula is C40H30Cl2F3N5O9. The Bertz CT molecular complexity index is 2490. The van der Waals surface area contributed by atoms with Crippen LogP contribution in [0.1, 0.15) is 35.4 Å². The number of nitro groups is 1. The second-order valence-corrected chi connectivity index (χ2v) is 15.3. The number of hydrogen-bond donors (Lipinski definition) is 2. The molecule has 0 spiro atoms. The molecule has 19 heteroatoms. The zero-order valence-corrected chi connectivity index (χ0v) is 32.2. The van der Waals surface area contributed by atoms with Crippen LogP contribution in [0.15, 0.2) is 84.6 Å². The number of amides is 4. The van der Waals surface area contributed by atoms with E-state index in [0.29, 0.717) is 39.0 Å². The summed E-state index contributed by atoms with van der Waals surface area (Å²) in [6, 6.07) is 14.8. The SMILES string of the molecule is COc1cc(C2C3=CCC4C(=O)N(c5cccc([N+](=O)[O-])c5)C(=O)C4C3CC3C(=O)N(Nc4ncc(C(F)(F)F)cc4Cl)C(=O)C32c2ccc(Cl)cc2)cc(OC)c1O. The number of hydrazine groups is 1. The van der Waals surface area contributed by atoms with Crippen molar-refractivity contribution in [2.45, 2.75) is 30.4 Å². The second-order valence-electron chi connectivity index (χ2n) is 14.5. The summed E-state index contributed by atoms with van der Waals surface area (Å²) < 4.78 is 51.6. The number of nitrogens with one attached hydrogen (secondary N) is 1. The lowest BCUT2D eigenvalue weighted by Crippen LogP contribution is -2.53. The first kappa shape index (κ1) is 39.6. The number of phenols is 1. The van der Waals surface area contributed by atoms with Gasteiger partial charge in [0.05, 0.1) is 58.6 Å². The Labute approximate surface area is 342 Å². The summed E-state index contributed by atoms with van der Waals surface area (Å²) in [6.45, 7) is 0. The lowest BCUT2D eigenvalue weighted by atomic mass is 9.49. The van der Waals surface area contributed by atoms with E-state index in [1.54, 1.807) is 18.2 Å². The molecule has 4 aliphatic rings. The Morgan fingerprint density at radius 1 is 0.949 bits per heavy atom. The largest absolute Gasteiger partial charge is 0.502 e. The number of pyridine rings is 1. The van der Waals surface area contributed by atoms with Gasteiger partial charge in [-0.25, -0.2) is 9.88 Å². The number of imide groups is 2. The molecule has 59 heavy (non-hydrogen) atoms. The van der Waals surface area contributed by atoms with Crippen LogP contribution in [-0.4, -0.2) is 57.9 Å². The van der Waals surface area contributed by atoms with Gasteiger partial charge in [-0.2, -0.15) is 18.2 Å². The molecule has 2 saturated heterocycles. The number of nitro benzene ring substituents is 1. The van der Waals surface area contributed by atoms with E-state index in [0.717, 1.165) is 11.0 Å². The maximum atomic E-state index is 15.4. The van der Waals surface area contributed by atoms with Gasteiger partial charge in [-0.05, 0) is 66.3 Å². The Hall–Kier alpha value is -6.20. The summed E-state index contributed by atoms with van der Waals surface area (Å²) in [6.07, 6.45) is -2.73. The minimum absolute atomic E-state index is 0.00585. The molecule has 6 unspecified atom stereocenters. The second kappa shape index (κ2) is 14.3. The van der Waals surface area contributed by atoms with Crippen molar-refractivity contribution in [2.75, 3.05) is 24.5 Å². The molecule has 14 nitrogen and oxygen atoms in total. The third-order valence-corrected chi connectivity index (χ3v) is 12.2. The summed E-state index contributed by atoms with van der Waals surface area (Å²) in [5.74, 6) is -9.32. The van der Waals surface area contributed by atoms with Crippen LogP contribution in [0.25, 0.3) is 0 Å². The average Bonchev–Trinajstić information content (AvgIpc) is 3.59. The van der Waals surface area contributed by atoms with Gasteiger partial charge < -0.3 is 14.6 Å². The van der Waals surface area contributed by atoms with Crippen molar-refractivity contribution in [3.05, 3.63) is 121 Å². The number of carbonyl (C=O) groups is 4. The number of halogens is 5. The van der Waals surface area contributed by atoms with Crippen molar-refractivity contribution >= 4 is 64.0 Å². The number of nitrogens with zero attached hydrogens (tertiary/aromatic N) is 4. The average molecular weight is 853 g/mol. The molecule has 4 amide bonds. The van der Waals surface area contributed by atoms with E-state index >= 15 is 4.79 Å². The molecule has 8 rings (SSSR count). The van der Waals surface area contributed by atoms with Crippen LogP contribution >= 0.6 is 23.2 Å². The molecule has 2 N–H and O–H groups in total. The first-order valence-electron chi connectivity index (χ1n) is 17.9. The molecule has 3 aromatic carbocycles. The lowest BCUT2D eigenvalue weighted by molar-refractivity contribution is -0.384. The Balaban J connectivity index is 1.33. The lowest BCUT2D eigenvalue weighted by Gasteiger charge is -2.50. The van der Waals surface area contributed by atoms with Crippen LogP contribution < -0.4 is 19.8 Å². The summed E-state index contributed by atoms with van der Waals surface area (Å²) >= 11 is 12.6. The molecule has 2 aliphatic carbocycles. The molecule has 0 radical (unpaired) electrons. The Morgan fingerprint density at radius 2 is 1.63 bits per heavy atom. The Kier molecular flexibility index (Phi) is 9.58. The van der Waals surface area contributed by atoms with Gasteiger partial charge in [-0.1, -0.05) is 53.1 Å². The Morgan fingerprint density at radius 3 is 2.24 bits per heavy atom. The van der Waals surface area contributed by atoms with Crippen molar-refractivity contribution in [3.8, 4) is 17.2 Å². The topological polar surface area (TPSA) is 182 Å². The number of anilines is 2. The number of fused-ring (bicyclic) bond motifs is 4. The number of rotatable bonds is 8. The van der Waals surface area contributed by atoms with Crippen molar-refractivity contribution in [1.29, 1.82) is 0 Å². The van der Waals surface area contributed by atoms with Crippen molar-refractivity contribution < 1.29 is 51.9 Å². The van der Waals surface area contributed by atoms with E-state index in [4.69, 9.17) is 32.7 Å². The number of aromatic hydroxyl groups is 1. The summed E-state index contributed by atoms with van der Waals surface area (Å²) in [5, 5.41) is 23.0. The van der Waals surface area contributed by atoms with Gasteiger partial charge in [0.25, 0.3) is 17.5 Å². The van der Waals surface area contributed by atoms with Gasteiger partial charge in [0, 0.05) is 29.3 Å². The number of non-ortho nitro benzene ring substituents is 1. The number of alkyl halides is 3. The molecule has 304 valence electrons. The van der Waals surface area contributed by atoms with E-state index in [1.807, 2.05) is 0 Å². The van der Waals surface area contributed by atoms with E-state index in [9.17, 15) is 42.8 Å². The fourth-order valence-electron chi connectivity index (χ4n) is 9.24. The molecule has 1 aromatic heterocycles. The highest BCUT2D eigenvalue weighted by molar-refractivity contribution is 6.33. The van der Waals surface area contributed by atoms with Gasteiger partial charge in [-0.15, -0.1) is 0 Å². The number of ether oxygens (including phenoxy) is 2. The number of benzene rings is 3. The first-order chi connectivity index (χ1) is 28.0. The highest BCUT2D eigenvalue weighted by atomic mass is 35.5. The van der Waals surface area contributed by atoms with E-state index in [1.165, 1.54) is 56.7 Å². The summed E-state index contributed by atoms with van der Waals surface area (Å²) in [4.78, 5) is 74.8. The standard InChI is InChI=1S/C40H30Cl2F3N5O9/c1-58-29-12-18(13-30(59-2)33(29)51)32-24-10-11-25-31(37(54)48(35(25)52)22-4-3-5-23(15-22)50(56)57)26(24)16-27-36(53)49(38(55)39(27,32)19-6-8-21(41)9-7-19)47-34-28(42)14-20(17-46-34)40(43,44)45/h3-10,12-15,17,25-27,31-32,51H,11,16H2,1-2H3,(H,46,47). The number of carbonyl (C=O) groups excluding carboxylic acids is 4. The smallest absolute Gasteiger partial charge is 0.417 e. The van der Waals surface area contributed by atoms with E-state index in [-0.39, 0.29) is 41.5 Å². The summed E-state index contributed by atoms with van der Waals surface area (Å²) in [5.41, 5.74) is 0.236. The van der Waals surface area contributed by atoms with Gasteiger partial charge in [0.2, 0.25) is 17.6 Å². The normalized spacial score (nSPS) is 25.0. The van der Waals surface area contributed by atoms with E-state index in [2.05, 4.69) is 10.4 Å². The molecule has 1 saturated carbocycles. The number of hydrogen-bond acceptors (Lipinski definition) is 11. The quantitative estimate of drug-likeness (QED) is 0.0790. The van der Waals surface area contributed by atoms with Crippen molar-refractivity contribution in [1.82, 2.24) is 9.99 Å². The minimum atomic E-state index is -4.80. The molecule has 2 aliphatic heterocycles. The van der Waals surface area contributed by atoms with Gasteiger partial charge >= 0.3 is 6.18 Å². The molecule has 3 fully saturated rings. The fourth-order valence-corrected chi connectivity index (χ4v) is 9.57. The number of phenolic OH excluding ortho intramolecular Hbond substituents is 1. The van der Waals surface area contributed by atoms with E-state index < -0.39 is 86.1 Å². The third-order valence-electron chi connectivity index (χ3n) is 11.7. The molecular weight excluding hydrogens is 822 g/mol. The molecule has 3 heterocycles. The maximum Gasteiger partial charge on any atom is 0.417 e. The fraction of sp³-hybridized carbons (Fsp3) is 0.275. The maximum absolute atomic E-state index is 15.4. The predicted molar refractivity (Wildman–Crippen MR) is 204 cm³/mol. The zero-order chi connectivity index (χ0) is 42.3. The third kappa shape index (κ3) is 6.04. The first-order valence-corrected chi connectivity index (χ1v) is 18.7. The zero-order valence-electron chi connectivity index (χ0n) is 30.7. The van der Waals surface area contributed by atoms with Crippen LogP contribution in [0.3, 0.4) is 0 Å². The summed E-state index contributed by atoms with van der Waals surface area (Å²) in [7, 11) is 2.60. The van der Waals surface area contributed by atoms with Crippen LogP contribution in [0.5, 0.6) is 17.2 Å². The highest BCUT2D eigenvalue weighted by Crippen LogP contribution is 2.65. The van der Waals surface area contributed by atoms with Crippen molar-refractivity contribution in [2.24, 2.45) is 23.7 Å².